The monoisotopic (exact) mass is 399 g/mol. The molecule has 1 saturated carbocycles. The van der Waals surface area contributed by atoms with E-state index < -0.39 is 23.5 Å². The van der Waals surface area contributed by atoms with Crippen LogP contribution in [0.25, 0.3) is 10.2 Å². The van der Waals surface area contributed by atoms with Gasteiger partial charge in [-0.05, 0) is 44.7 Å². The second kappa shape index (κ2) is 9.16. The molecule has 1 fully saturated rings. The number of hydrogen-bond donors (Lipinski definition) is 1. The molecule has 3 rings (SSSR count). The summed E-state index contributed by atoms with van der Waals surface area (Å²) in [5, 5.41) is 13.2. The Kier molecular flexibility index (Phi) is 6.63. The third-order valence-corrected chi connectivity index (χ3v) is 6.17. The minimum absolute atomic E-state index is 0.233. The molecule has 7 heteroatoms. The molecule has 148 valence electrons. The summed E-state index contributed by atoms with van der Waals surface area (Å²) >= 11 is 1.63. The summed E-state index contributed by atoms with van der Waals surface area (Å²) in [7, 11) is 0. The number of para-hydroxylation sites is 1. The van der Waals surface area contributed by atoms with Gasteiger partial charge in [0.05, 0.1) is 21.3 Å². The van der Waals surface area contributed by atoms with E-state index in [9.17, 15) is 14.9 Å². The lowest BCUT2D eigenvalue weighted by Crippen LogP contribution is -2.52. The number of nitriles is 1. The van der Waals surface area contributed by atoms with Gasteiger partial charge in [-0.15, -0.1) is 11.3 Å². The Morgan fingerprint density at radius 3 is 2.79 bits per heavy atom. The number of aryl methyl sites for hydroxylation is 1. The summed E-state index contributed by atoms with van der Waals surface area (Å²) in [4.78, 5) is 29.0. The van der Waals surface area contributed by atoms with Gasteiger partial charge in [-0.3, -0.25) is 9.59 Å². The first-order chi connectivity index (χ1) is 13.5. The molecule has 0 spiro atoms. The molecule has 28 heavy (non-hydrogen) atoms. The Morgan fingerprint density at radius 2 is 2.07 bits per heavy atom. The van der Waals surface area contributed by atoms with Crippen LogP contribution in [0.3, 0.4) is 0 Å². The zero-order valence-electron chi connectivity index (χ0n) is 16.1. The molecule has 1 aliphatic rings. The summed E-state index contributed by atoms with van der Waals surface area (Å²) in [6.45, 7) is 1.55. The van der Waals surface area contributed by atoms with Gasteiger partial charge in [0, 0.05) is 6.42 Å². The van der Waals surface area contributed by atoms with E-state index in [-0.39, 0.29) is 6.42 Å². The van der Waals surface area contributed by atoms with Crippen molar-refractivity contribution < 1.29 is 14.3 Å². The highest BCUT2D eigenvalue weighted by Crippen LogP contribution is 2.27. The number of aromatic nitrogens is 1. The molecule has 1 amide bonds. The maximum Gasteiger partial charge on any atom is 0.306 e. The van der Waals surface area contributed by atoms with Crippen LogP contribution in [0.1, 0.15) is 56.9 Å². The van der Waals surface area contributed by atoms with E-state index in [1.54, 1.807) is 18.3 Å². The molecule has 2 aromatic rings. The number of nitrogens with zero attached hydrogens (tertiary/aromatic N) is 2. The number of benzene rings is 1. The van der Waals surface area contributed by atoms with Crippen molar-refractivity contribution in [2.75, 3.05) is 0 Å². The van der Waals surface area contributed by atoms with Crippen molar-refractivity contribution in [3.8, 4) is 6.07 Å². The number of ether oxygens (including phenoxy) is 1. The number of nitrogens with one attached hydrogen (secondary N) is 1. The van der Waals surface area contributed by atoms with Gasteiger partial charge < -0.3 is 10.1 Å². The van der Waals surface area contributed by atoms with Gasteiger partial charge in [-0.25, -0.2) is 4.98 Å². The molecular formula is C21H25N3O3S. The number of amides is 1. The van der Waals surface area contributed by atoms with Gasteiger partial charge in [0.25, 0.3) is 5.91 Å². The zero-order chi connectivity index (χ0) is 20.0. The van der Waals surface area contributed by atoms with Crippen molar-refractivity contribution in [1.29, 1.82) is 5.26 Å². The molecule has 0 radical (unpaired) electrons. The van der Waals surface area contributed by atoms with Crippen LogP contribution in [-0.4, -0.2) is 28.5 Å². The molecule has 1 N–H and O–H groups in total. The van der Waals surface area contributed by atoms with Crippen molar-refractivity contribution in [1.82, 2.24) is 10.3 Å². The summed E-state index contributed by atoms with van der Waals surface area (Å²) in [5.74, 6) is -0.804. The second-order valence-electron chi connectivity index (χ2n) is 7.30. The van der Waals surface area contributed by atoms with Crippen molar-refractivity contribution in [3.63, 3.8) is 0 Å². The van der Waals surface area contributed by atoms with Gasteiger partial charge in [-0.1, -0.05) is 31.4 Å². The Labute approximate surface area is 168 Å². The fourth-order valence-corrected chi connectivity index (χ4v) is 4.49. The lowest BCUT2D eigenvalue weighted by atomic mass is 9.83. The molecule has 1 aliphatic carbocycles. The average molecular weight is 400 g/mol. The minimum Gasteiger partial charge on any atom is -0.453 e. The minimum atomic E-state index is -0.901. The third-order valence-electron chi connectivity index (χ3n) is 5.07. The van der Waals surface area contributed by atoms with E-state index in [0.717, 1.165) is 34.5 Å². The Morgan fingerprint density at radius 1 is 1.32 bits per heavy atom. The highest BCUT2D eigenvalue weighted by Gasteiger charge is 2.35. The molecule has 1 atom stereocenters. The second-order valence-corrected chi connectivity index (χ2v) is 8.42. The van der Waals surface area contributed by atoms with Crippen LogP contribution in [0.2, 0.25) is 0 Å². The SMILES string of the molecule is C[C@H](OC(=O)CCCc1nc2ccccc2s1)C(=O)NC1(C#N)CCCCC1. The van der Waals surface area contributed by atoms with Crippen molar-refractivity contribution in [2.24, 2.45) is 0 Å². The fourth-order valence-electron chi connectivity index (χ4n) is 3.48. The number of thiazole rings is 1. The van der Waals surface area contributed by atoms with E-state index in [0.29, 0.717) is 25.7 Å². The van der Waals surface area contributed by atoms with Gasteiger partial charge in [-0.2, -0.15) is 5.26 Å². The standard InChI is InChI=1S/C21H25N3O3S/c1-15(20(26)24-21(14-22)12-5-2-6-13-21)27-19(25)11-7-10-18-23-16-8-3-4-9-17(16)28-18/h3-4,8-9,15H,2,5-7,10-13H2,1H3,(H,24,26)/t15-/m0/s1. The molecule has 0 bridgehead atoms. The lowest BCUT2D eigenvalue weighted by Gasteiger charge is -2.32. The quantitative estimate of drug-likeness (QED) is 0.713. The van der Waals surface area contributed by atoms with E-state index in [1.165, 1.54) is 0 Å². The normalized spacial score (nSPS) is 16.9. The summed E-state index contributed by atoms with van der Waals surface area (Å²) < 4.78 is 6.40. The third kappa shape index (κ3) is 5.08. The predicted molar refractivity (Wildman–Crippen MR) is 108 cm³/mol. The molecular weight excluding hydrogens is 374 g/mol. The average Bonchev–Trinajstić information content (AvgIpc) is 3.11. The lowest BCUT2D eigenvalue weighted by molar-refractivity contribution is -0.155. The Hall–Kier alpha value is -2.46. The van der Waals surface area contributed by atoms with Crippen LogP contribution < -0.4 is 5.32 Å². The maximum absolute atomic E-state index is 12.4. The van der Waals surface area contributed by atoms with Crippen molar-refractivity contribution in [2.45, 2.75) is 69.9 Å². The van der Waals surface area contributed by atoms with Crippen LogP contribution in [0.15, 0.2) is 24.3 Å². The molecule has 0 unspecified atom stereocenters. The Balaban J connectivity index is 1.43. The fraction of sp³-hybridized carbons (Fsp3) is 0.524. The summed E-state index contributed by atoms with van der Waals surface area (Å²) in [6, 6.07) is 10.2. The van der Waals surface area contributed by atoms with Crippen LogP contribution in [0.4, 0.5) is 0 Å². The smallest absolute Gasteiger partial charge is 0.306 e. The number of rotatable bonds is 7. The molecule has 0 saturated heterocycles. The Bertz CT molecular complexity index is 847. The van der Waals surface area contributed by atoms with Crippen LogP contribution in [0, 0.1) is 11.3 Å². The molecule has 1 heterocycles. The number of carbonyl (C=O) groups excluding carboxylic acids is 2. The summed E-state index contributed by atoms with van der Waals surface area (Å²) in [6.07, 6.45) is 4.89. The van der Waals surface area contributed by atoms with Crippen LogP contribution in [-0.2, 0) is 20.7 Å². The molecule has 1 aromatic heterocycles. The van der Waals surface area contributed by atoms with Gasteiger partial charge in [0.1, 0.15) is 5.54 Å². The molecule has 6 nitrogen and oxygen atoms in total. The first-order valence-electron chi connectivity index (χ1n) is 9.78. The number of carbonyl (C=O) groups is 2. The first kappa shape index (κ1) is 20.3. The first-order valence-corrected chi connectivity index (χ1v) is 10.6. The van der Waals surface area contributed by atoms with E-state index >= 15 is 0 Å². The van der Waals surface area contributed by atoms with E-state index in [2.05, 4.69) is 16.4 Å². The summed E-state index contributed by atoms with van der Waals surface area (Å²) in [5.41, 5.74) is 0.160. The van der Waals surface area contributed by atoms with E-state index in [4.69, 9.17) is 4.74 Å². The molecule has 1 aromatic carbocycles. The highest BCUT2D eigenvalue weighted by molar-refractivity contribution is 7.18. The van der Waals surface area contributed by atoms with Crippen molar-refractivity contribution >= 4 is 33.4 Å². The predicted octanol–water partition coefficient (Wildman–Crippen LogP) is 3.89. The van der Waals surface area contributed by atoms with E-state index in [1.807, 2.05) is 24.3 Å². The van der Waals surface area contributed by atoms with Crippen LogP contribution in [0.5, 0.6) is 0 Å². The zero-order valence-corrected chi connectivity index (χ0v) is 16.9. The number of fused-ring (bicyclic) bond motifs is 1. The largest absolute Gasteiger partial charge is 0.453 e. The van der Waals surface area contributed by atoms with Crippen LogP contribution >= 0.6 is 11.3 Å². The number of hydrogen-bond acceptors (Lipinski definition) is 6. The highest BCUT2D eigenvalue weighted by atomic mass is 32.1. The maximum atomic E-state index is 12.4. The van der Waals surface area contributed by atoms with Gasteiger partial charge in [0.2, 0.25) is 0 Å². The molecule has 0 aliphatic heterocycles. The van der Waals surface area contributed by atoms with Gasteiger partial charge in [0.15, 0.2) is 6.10 Å². The topological polar surface area (TPSA) is 92.1 Å². The van der Waals surface area contributed by atoms with Crippen molar-refractivity contribution in [3.05, 3.63) is 29.3 Å². The number of esters is 1. The van der Waals surface area contributed by atoms with Gasteiger partial charge >= 0.3 is 5.97 Å².